The summed E-state index contributed by atoms with van der Waals surface area (Å²) in [6, 6.07) is 7.39. The number of hydrogen-bond acceptors (Lipinski definition) is 5. The topological polar surface area (TPSA) is 76.7 Å². The van der Waals surface area contributed by atoms with Crippen LogP contribution in [0.25, 0.3) is 0 Å². The minimum absolute atomic E-state index is 0.0369. The summed E-state index contributed by atoms with van der Waals surface area (Å²) in [6.07, 6.45) is 5.51. The maximum atomic E-state index is 11.8. The highest BCUT2D eigenvalue weighted by molar-refractivity contribution is 7.80. The zero-order chi connectivity index (χ0) is 19.9. The minimum atomic E-state index is -0.379. The molecule has 0 unspecified atom stereocenters. The van der Waals surface area contributed by atoms with Crippen molar-refractivity contribution < 1.29 is 19.1 Å². The van der Waals surface area contributed by atoms with Gasteiger partial charge in [-0.1, -0.05) is 33.1 Å². The zero-order valence-corrected chi connectivity index (χ0v) is 17.0. The third-order valence-electron chi connectivity index (χ3n) is 3.66. The van der Waals surface area contributed by atoms with Crippen molar-refractivity contribution in [3.05, 3.63) is 24.3 Å². The number of anilines is 1. The number of carbonyl (C=O) groups excluding carboxylic acids is 2. The van der Waals surface area contributed by atoms with Gasteiger partial charge in [-0.15, -0.1) is 0 Å². The van der Waals surface area contributed by atoms with Crippen molar-refractivity contribution in [1.29, 1.82) is 0 Å². The van der Waals surface area contributed by atoms with Gasteiger partial charge in [-0.3, -0.25) is 9.59 Å². The molecule has 0 aromatic heterocycles. The van der Waals surface area contributed by atoms with Gasteiger partial charge in [0.05, 0.1) is 19.6 Å². The molecule has 1 rings (SSSR count). The molecule has 0 radical (unpaired) electrons. The van der Waals surface area contributed by atoms with Gasteiger partial charge in [-0.25, -0.2) is 0 Å². The Bertz CT molecular complexity index is 590. The van der Waals surface area contributed by atoms with Gasteiger partial charge in [0.25, 0.3) is 0 Å². The highest BCUT2D eigenvalue weighted by Crippen LogP contribution is 2.16. The Labute approximate surface area is 167 Å². The quantitative estimate of drug-likeness (QED) is 0.314. The van der Waals surface area contributed by atoms with Crippen LogP contribution in [-0.2, 0) is 14.3 Å². The molecule has 7 heteroatoms. The van der Waals surface area contributed by atoms with Gasteiger partial charge < -0.3 is 20.1 Å². The highest BCUT2D eigenvalue weighted by Gasteiger charge is 2.09. The van der Waals surface area contributed by atoms with E-state index in [2.05, 4.69) is 17.6 Å². The molecule has 0 heterocycles. The largest absolute Gasteiger partial charge is 0.494 e. The average molecular weight is 395 g/mol. The van der Waals surface area contributed by atoms with Crippen molar-refractivity contribution in [2.75, 3.05) is 18.5 Å². The summed E-state index contributed by atoms with van der Waals surface area (Å²) in [6.45, 7) is 5.18. The van der Waals surface area contributed by atoms with E-state index in [1.165, 1.54) is 19.3 Å². The van der Waals surface area contributed by atoms with Crippen molar-refractivity contribution in [2.45, 2.75) is 58.8 Å². The van der Waals surface area contributed by atoms with Gasteiger partial charge in [0.1, 0.15) is 5.75 Å². The standard InChI is InChI=1S/C20H30N2O4S/c1-3-5-6-7-15-25-17-10-8-16(9-11-17)21-20(27)22-18(23)12-13-19(24)26-14-4-2/h8-11H,3-7,12-15H2,1-2H3,(H2,21,22,23,27). The molecule has 2 N–H and O–H groups in total. The number of rotatable bonds is 12. The number of carbonyl (C=O) groups is 2. The average Bonchev–Trinajstić information content (AvgIpc) is 2.65. The van der Waals surface area contributed by atoms with E-state index in [0.717, 1.165) is 24.3 Å². The van der Waals surface area contributed by atoms with Gasteiger partial charge in [0.2, 0.25) is 5.91 Å². The smallest absolute Gasteiger partial charge is 0.306 e. The van der Waals surface area contributed by atoms with Crippen LogP contribution in [0.1, 0.15) is 58.8 Å². The molecule has 6 nitrogen and oxygen atoms in total. The number of benzene rings is 1. The van der Waals surface area contributed by atoms with E-state index in [9.17, 15) is 9.59 Å². The molecule has 0 bridgehead atoms. The molecule has 0 aliphatic carbocycles. The predicted molar refractivity (Wildman–Crippen MR) is 111 cm³/mol. The summed E-state index contributed by atoms with van der Waals surface area (Å²) in [4.78, 5) is 23.2. The van der Waals surface area contributed by atoms with E-state index in [0.29, 0.717) is 13.2 Å². The number of unbranched alkanes of at least 4 members (excludes halogenated alkanes) is 3. The Kier molecular flexibility index (Phi) is 11.8. The molecule has 0 saturated carbocycles. The first-order valence-corrected chi connectivity index (χ1v) is 9.95. The number of nitrogens with one attached hydrogen (secondary N) is 2. The fourth-order valence-corrected chi connectivity index (χ4v) is 2.44. The van der Waals surface area contributed by atoms with E-state index in [1.807, 2.05) is 31.2 Å². The fraction of sp³-hybridized carbons (Fsp3) is 0.550. The third kappa shape index (κ3) is 11.2. The van der Waals surface area contributed by atoms with E-state index >= 15 is 0 Å². The Balaban J connectivity index is 2.27. The van der Waals surface area contributed by atoms with Crippen molar-refractivity contribution in [1.82, 2.24) is 5.32 Å². The summed E-state index contributed by atoms with van der Waals surface area (Å²) in [5.74, 6) is 0.0988. The molecule has 1 aromatic carbocycles. The number of thiocarbonyl (C=S) groups is 1. The second kappa shape index (κ2) is 14.0. The zero-order valence-electron chi connectivity index (χ0n) is 16.2. The normalized spacial score (nSPS) is 10.1. The second-order valence-electron chi connectivity index (χ2n) is 6.16. The van der Waals surface area contributed by atoms with Crippen molar-refractivity contribution in [3.8, 4) is 5.75 Å². The molecular weight excluding hydrogens is 364 g/mol. The van der Waals surface area contributed by atoms with Crippen LogP contribution in [0, 0.1) is 0 Å². The maximum absolute atomic E-state index is 11.8. The molecule has 0 saturated heterocycles. The molecule has 0 spiro atoms. The minimum Gasteiger partial charge on any atom is -0.494 e. The molecular formula is C20H30N2O4S. The van der Waals surface area contributed by atoms with Crippen LogP contribution in [0.15, 0.2) is 24.3 Å². The van der Waals surface area contributed by atoms with Crippen LogP contribution in [0.3, 0.4) is 0 Å². The van der Waals surface area contributed by atoms with Crippen LogP contribution in [0.5, 0.6) is 5.75 Å². The van der Waals surface area contributed by atoms with Gasteiger partial charge in [0.15, 0.2) is 5.11 Å². The highest BCUT2D eigenvalue weighted by atomic mass is 32.1. The summed E-state index contributed by atoms with van der Waals surface area (Å²) in [7, 11) is 0. The molecule has 0 fully saturated rings. The van der Waals surface area contributed by atoms with E-state index in [-0.39, 0.29) is 29.8 Å². The first-order valence-electron chi connectivity index (χ1n) is 9.54. The lowest BCUT2D eigenvalue weighted by Gasteiger charge is -2.11. The van der Waals surface area contributed by atoms with Gasteiger partial charge in [0, 0.05) is 12.1 Å². The van der Waals surface area contributed by atoms with Gasteiger partial charge in [-0.05, 0) is 49.3 Å². The maximum Gasteiger partial charge on any atom is 0.306 e. The summed E-state index contributed by atoms with van der Waals surface area (Å²) < 4.78 is 10.6. The Morgan fingerprint density at radius 2 is 1.70 bits per heavy atom. The van der Waals surface area contributed by atoms with Gasteiger partial charge in [-0.2, -0.15) is 0 Å². The summed E-state index contributed by atoms with van der Waals surface area (Å²) in [5, 5.41) is 5.67. The third-order valence-corrected chi connectivity index (χ3v) is 3.86. The Hall–Kier alpha value is -2.15. The van der Waals surface area contributed by atoms with Crippen molar-refractivity contribution >= 4 is 34.9 Å². The Morgan fingerprint density at radius 1 is 0.963 bits per heavy atom. The van der Waals surface area contributed by atoms with Gasteiger partial charge >= 0.3 is 5.97 Å². The van der Waals surface area contributed by atoms with Crippen molar-refractivity contribution in [2.24, 2.45) is 0 Å². The lowest BCUT2D eigenvalue weighted by atomic mass is 10.2. The molecule has 150 valence electrons. The molecule has 0 aliphatic heterocycles. The number of esters is 1. The first-order chi connectivity index (χ1) is 13.0. The SMILES string of the molecule is CCCCCCOc1ccc(NC(=S)NC(=O)CCC(=O)OCCC)cc1. The molecule has 1 aromatic rings. The molecule has 0 aliphatic rings. The molecule has 0 atom stereocenters. The van der Waals surface area contributed by atoms with Crippen molar-refractivity contribution in [3.63, 3.8) is 0 Å². The van der Waals surface area contributed by atoms with Crippen LogP contribution >= 0.6 is 12.2 Å². The summed E-state index contributed by atoms with van der Waals surface area (Å²) >= 11 is 5.12. The van der Waals surface area contributed by atoms with Crippen LogP contribution < -0.4 is 15.4 Å². The second-order valence-corrected chi connectivity index (χ2v) is 6.56. The number of ether oxygens (including phenoxy) is 2. The van der Waals surface area contributed by atoms with E-state index in [1.54, 1.807) is 0 Å². The predicted octanol–water partition coefficient (Wildman–Crippen LogP) is 4.19. The fourth-order valence-electron chi connectivity index (χ4n) is 2.21. The molecule has 27 heavy (non-hydrogen) atoms. The van der Waals surface area contributed by atoms with Crippen LogP contribution in [0.2, 0.25) is 0 Å². The van der Waals surface area contributed by atoms with Crippen LogP contribution in [-0.4, -0.2) is 30.2 Å². The van der Waals surface area contributed by atoms with E-state index < -0.39 is 0 Å². The monoisotopic (exact) mass is 394 g/mol. The molecule has 1 amide bonds. The first kappa shape index (κ1) is 22.9. The van der Waals surface area contributed by atoms with Crippen LogP contribution in [0.4, 0.5) is 5.69 Å². The number of amides is 1. The number of hydrogen-bond donors (Lipinski definition) is 2. The lowest BCUT2D eigenvalue weighted by molar-refractivity contribution is -0.144. The van der Waals surface area contributed by atoms with E-state index in [4.69, 9.17) is 21.7 Å². The summed E-state index contributed by atoms with van der Waals surface area (Å²) in [5.41, 5.74) is 0.751. The Morgan fingerprint density at radius 3 is 2.37 bits per heavy atom. The lowest BCUT2D eigenvalue weighted by Crippen LogP contribution is -2.34.